The van der Waals surface area contributed by atoms with Crippen LogP contribution in [0.1, 0.15) is 22.3 Å². The van der Waals surface area contributed by atoms with Gasteiger partial charge in [0.15, 0.2) is 11.5 Å². The molecule has 0 atom stereocenters. The van der Waals surface area contributed by atoms with E-state index in [9.17, 15) is 14.4 Å². The number of barbiturate groups is 1. The molecule has 196 valence electrons. The number of fused-ring (bicyclic) bond motifs is 1. The molecule has 0 aliphatic carbocycles. The number of rotatable bonds is 6. The molecule has 39 heavy (non-hydrogen) atoms. The van der Waals surface area contributed by atoms with E-state index in [-0.39, 0.29) is 5.57 Å². The fourth-order valence-electron chi connectivity index (χ4n) is 4.37. The fraction of sp³-hybridized carbons (Fsp3) is 0.129. The number of benzene rings is 4. The van der Waals surface area contributed by atoms with Crippen LogP contribution in [0.4, 0.5) is 10.5 Å². The molecule has 1 aliphatic heterocycles. The van der Waals surface area contributed by atoms with Gasteiger partial charge in [0.25, 0.3) is 11.8 Å². The third kappa shape index (κ3) is 5.28. The number of methoxy groups -OCH3 is 1. The van der Waals surface area contributed by atoms with Gasteiger partial charge < -0.3 is 9.47 Å². The topological polar surface area (TPSA) is 84.9 Å². The number of anilines is 1. The minimum atomic E-state index is -0.790. The summed E-state index contributed by atoms with van der Waals surface area (Å²) in [5.74, 6) is -0.572. The summed E-state index contributed by atoms with van der Waals surface area (Å²) in [5.41, 5.74) is 3.67. The Morgan fingerprint density at radius 1 is 0.897 bits per heavy atom. The van der Waals surface area contributed by atoms with E-state index in [0.717, 1.165) is 32.4 Å². The molecule has 1 saturated heterocycles. The molecule has 7 nitrogen and oxygen atoms in total. The highest BCUT2D eigenvalue weighted by Gasteiger charge is 2.37. The second kappa shape index (κ2) is 10.7. The van der Waals surface area contributed by atoms with Gasteiger partial charge in [0, 0.05) is 0 Å². The van der Waals surface area contributed by atoms with Gasteiger partial charge in [-0.25, -0.2) is 9.69 Å². The van der Waals surface area contributed by atoms with Crippen molar-refractivity contribution in [1.29, 1.82) is 0 Å². The molecule has 0 saturated carbocycles. The summed E-state index contributed by atoms with van der Waals surface area (Å²) >= 11 is 3.54. The molecule has 4 aromatic rings. The lowest BCUT2D eigenvalue weighted by atomic mass is 10.0. The van der Waals surface area contributed by atoms with Gasteiger partial charge in [-0.1, -0.05) is 42.5 Å². The number of aryl methyl sites for hydroxylation is 2. The summed E-state index contributed by atoms with van der Waals surface area (Å²) in [6.45, 7) is 4.14. The molecule has 0 radical (unpaired) electrons. The minimum absolute atomic E-state index is 0.174. The van der Waals surface area contributed by atoms with Crippen LogP contribution in [0.5, 0.6) is 11.5 Å². The van der Waals surface area contributed by atoms with Crippen LogP contribution in [0.3, 0.4) is 0 Å². The number of nitrogens with zero attached hydrogens (tertiary/aromatic N) is 1. The molecule has 1 fully saturated rings. The highest BCUT2D eigenvalue weighted by molar-refractivity contribution is 9.10. The summed E-state index contributed by atoms with van der Waals surface area (Å²) in [7, 11) is 1.51. The normalized spacial score (nSPS) is 14.6. The van der Waals surface area contributed by atoms with E-state index in [2.05, 4.69) is 39.4 Å². The van der Waals surface area contributed by atoms with Gasteiger partial charge in [0.05, 0.1) is 17.3 Å². The lowest BCUT2D eigenvalue weighted by Gasteiger charge is -2.27. The van der Waals surface area contributed by atoms with Gasteiger partial charge in [-0.3, -0.25) is 14.9 Å². The van der Waals surface area contributed by atoms with Crippen LogP contribution in [0.15, 0.2) is 82.8 Å². The third-order valence-corrected chi connectivity index (χ3v) is 7.20. The molecule has 1 N–H and O–H groups in total. The van der Waals surface area contributed by atoms with E-state index in [1.165, 1.54) is 13.2 Å². The SMILES string of the molecule is COc1cc(/C=C2\C(=O)NC(=O)N(c3ccc(C)c(C)c3)C2=O)cc(Br)c1OCc1ccc2ccccc2c1. The molecular weight excluding hydrogens is 560 g/mol. The number of halogens is 1. The largest absolute Gasteiger partial charge is 0.493 e. The standard InChI is InChI=1S/C31H25BrN2O5/c1-18-8-11-24(12-19(18)2)34-30(36)25(29(35)33-31(34)37)14-21-15-26(32)28(27(16-21)38-3)39-17-20-9-10-22-6-4-5-7-23(22)13-20/h4-16H,17H2,1-3H3,(H,33,35,37)/b25-14+. The molecule has 1 aliphatic rings. The Hall–Kier alpha value is -4.43. The Balaban J connectivity index is 1.42. The summed E-state index contributed by atoms with van der Waals surface area (Å²) in [5, 5.41) is 4.53. The zero-order chi connectivity index (χ0) is 27.7. The molecule has 4 aromatic carbocycles. The Morgan fingerprint density at radius 3 is 2.41 bits per heavy atom. The van der Waals surface area contributed by atoms with Crippen LogP contribution < -0.4 is 19.7 Å². The molecule has 4 amide bonds. The molecule has 8 heteroatoms. The molecule has 0 aromatic heterocycles. The first-order chi connectivity index (χ1) is 18.7. The first-order valence-corrected chi connectivity index (χ1v) is 13.0. The Labute approximate surface area is 234 Å². The fourth-order valence-corrected chi connectivity index (χ4v) is 4.94. The monoisotopic (exact) mass is 584 g/mol. The average molecular weight is 585 g/mol. The molecule has 0 unspecified atom stereocenters. The molecular formula is C31H25BrN2O5. The Kier molecular flexibility index (Phi) is 7.21. The summed E-state index contributed by atoms with van der Waals surface area (Å²) in [6, 6.07) is 22.1. The highest BCUT2D eigenvalue weighted by Crippen LogP contribution is 2.38. The summed E-state index contributed by atoms with van der Waals surface area (Å²) < 4.78 is 12.2. The van der Waals surface area contributed by atoms with Crippen molar-refractivity contribution in [1.82, 2.24) is 5.32 Å². The van der Waals surface area contributed by atoms with Crippen molar-refractivity contribution in [2.45, 2.75) is 20.5 Å². The van der Waals surface area contributed by atoms with Gasteiger partial charge in [-0.05, 0) is 99.2 Å². The number of imide groups is 2. The smallest absolute Gasteiger partial charge is 0.335 e. The first-order valence-electron chi connectivity index (χ1n) is 12.2. The summed E-state index contributed by atoms with van der Waals surface area (Å²) in [6.07, 6.45) is 1.43. The van der Waals surface area contributed by atoms with Crippen LogP contribution in [-0.2, 0) is 16.2 Å². The number of ether oxygens (including phenoxy) is 2. The van der Waals surface area contributed by atoms with E-state index in [0.29, 0.717) is 33.8 Å². The van der Waals surface area contributed by atoms with Crippen molar-refractivity contribution in [2.24, 2.45) is 0 Å². The Bertz CT molecular complexity index is 1680. The van der Waals surface area contributed by atoms with Crippen molar-refractivity contribution in [3.05, 3.63) is 105 Å². The first kappa shape index (κ1) is 26.2. The van der Waals surface area contributed by atoms with E-state index >= 15 is 0 Å². The van der Waals surface area contributed by atoms with Gasteiger partial charge >= 0.3 is 6.03 Å². The average Bonchev–Trinajstić information content (AvgIpc) is 2.92. The van der Waals surface area contributed by atoms with Gasteiger partial charge in [0.2, 0.25) is 0 Å². The maximum atomic E-state index is 13.3. The lowest BCUT2D eigenvalue weighted by Crippen LogP contribution is -2.54. The maximum Gasteiger partial charge on any atom is 0.335 e. The number of hydrogen-bond acceptors (Lipinski definition) is 5. The number of amides is 4. The van der Waals surface area contributed by atoms with Gasteiger partial charge in [0.1, 0.15) is 12.2 Å². The molecule has 0 bridgehead atoms. The lowest BCUT2D eigenvalue weighted by molar-refractivity contribution is -0.122. The number of carbonyl (C=O) groups excluding carboxylic acids is 3. The van der Waals surface area contributed by atoms with E-state index in [4.69, 9.17) is 9.47 Å². The van der Waals surface area contributed by atoms with E-state index in [1.54, 1.807) is 24.3 Å². The number of hydrogen-bond donors (Lipinski definition) is 1. The predicted molar refractivity (Wildman–Crippen MR) is 154 cm³/mol. The zero-order valence-electron chi connectivity index (χ0n) is 21.6. The maximum absolute atomic E-state index is 13.3. The van der Waals surface area contributed by atoms with Crippen molar-refractivity contribution >= 4 is 56.3 Å². The second-order valence-electron chi connectivity index (χ2n) is 9.23. The van der Waals surface area contributed by atoms with Crippen molar-refractivity contribution in [3.63, 3.8) is 0 Å². The second-order valence-corrected chi connectivity index (χ2v) is 10.1. The highest BCUT2D eigenvalue weighted by atomic mass is 79.9. The van der Waals surface area contributed by atoms with Gasteiger partial charge in [-0.2, -0.15) is 0 Å². The van der Waals surface area contributed by atoms with Crippen molar-refractivity contribution < 1.29 is 23.9 Å². The van der Waals surface area contributed by atoms with Crippen LogP contribution in [-0.4, -0.2) is 25.0 Å². The Morgan fingerprint density at radius 2 is 1.67 bits per heavy atom. The van der Waals surface area contributed by atoms with Crippen LogP contribution >= 0.6 is 15.9 Å². The van der Waals surface area contributed by atoms with Gasteiger partial charge in [-0.15, -0.1) is 0 Å². The van der Waals surface area contributed by atoms with Crippen LogP contribution in [0.2, 0.25) is 0 Å². The third-order valence-electron chi connectivity index (χ3n) is 6.61. The van der Waals surface area contributed by atoms with Crippen LogP contribution in [0, 0.1) is 13.8 Å². The number of nitrogens with one attached hydrogen (secondary N) is 1. The molecule has 0 spiro atoms. The number of urea groups is 1. The molecule has 5 rings (SSSR count). The van der Waals surface area contributed by atoms with E-state index < -0.39 is 17.8 Å². The predicted octanol–water partition coefficient (Wildman–Crippen LogP) is 6.47. The minimum Gasteiger partial charge on any atom is -0.493 e. The molecule has 1 heterocycles. The van der Waals surface area contributed by atoms with Crippen molar-refractivity contribution in [3.8, 4) is 11.5 Å². The van der Waals surface area contributed by atoms with Crippen molar-refractivity contribution in [2.75, 3.05) is 12.0 Å². The quantitative estimate of drug-likeness (QED) is 0.207. The van der Waals surface area contributed by atoms with E-state index in [1.807, 2.05) is 44.2 Å². The summed E-state index contributed by atoms with van der Waals surface area (Å²) in [4.78, 5) is 39.5. The van der Waals surface area contributed by atoms with Crippen LogP contribution in [0.25, 0.3) is 16.8 Å². The zero-order valence-corrected chi connectivity index (χ0v) is 23.2. The number of carbonyl (C=O) groups is 3.